The Morgan fingerprint density at radius 1 is 1.50 bits per heavy atom. The first-order valence-electron chi connectivity index (χ1n) is 5.13. The molecule has 6 heteroatoms. The molecule has 1 aliphatic carbocycles. The van der Waals surface area contributed by atoms with Gasteiger partial charge in [-0.05, 0) is 19.1 Å². The molecule has 0 spiro atoms. The van der Waals surface area contributed by atoms with E-state index in [0.717, 1.165) is 6.26 Å². The first-order chi connectivity index (χ1) is 7.39. The highest BCUT2D eigenvalue weighted by molar-refractivity contribution is 7.89. The molecular formula is C10H15NO4S. The molecule has 0 bridgehead atoms. The van der Waals surface area contributed by atoms with Crippen LogP contribution in [-0.4, -0.2) is 45.3 Å². The smallest absolute Gasteiger partial charge is 0.250 e. The van der Waals surface area contributed by atoms with Crippen molar-refractivity contribution >= 4 is 15.7 Å². The highest BCUT2D eigenvalue weighted by atomic mass is 32.2. The van der Waals surface area contributed by atoms with Gasteiger partial charge < -0.3 is 9.47 Å². The third kappa shape index (κ3) is 2.50. The van der Waals surface area contributed by atoms with Gasteiger partial charge in [0.15, 0.2) is 0 Å². The minimum atomic E-state index is -3.34. The van der Waals surface area contributed by atoms with E-state index < -0.39 is 15.6 Å². The summed E-state index contributed by atoms with van der Waals surface area (Å²) in [5, 5.41) is 0. The van der Waals surface area contributed by atoms with E-state index in [1.54, 1.807) is 6.08 Å². The van der Waals surface area contributed by atoms with E-state index in [-0.39, 0.29) is 6.10 Å². The zero-order valence-electron chi connectivity index (χ0n) is 9.34. The fraction of sp³-hybridized carbons (Fsp3) is 0.700. The van der Waals surface area contributed by atoms with Gasteiger partial charge in [-0.2, -0.15) is 4.40 Å². The Morgan fingerprint density at radius 2 is 2.25 bits per heavy atom. The van der Waals surface area contributed by atoms with E-state index in [1.807, 2.05) is 13.0 Å². The van der Waals surface area contributed by atoms with Gasteiger partial charge in [-0.25, -0.2) is 8.42 Å². The van der Waals surface area contributed by atoms with Crippen LogP contribution in [0.15, 0.2) is 16.5 Å². The minimum Gasteiger partial charge on any atom is -0.372 e. The lowest BCUT2D eigenvalue weighted by atomic mass is 9.88. The van der Waals surface area contributed by atoms with E-state index >= 15 is 0 Å². The molecule has 1 heterocycles. The van der Waals surface area contributed by atoms with Crippen molar-refractivity contribution in [2.24, 2.45) is 4.40 Å². The Bertz CT molecular complexity index is 440. The van der Waals surface area contributed by atoms with Gasteiger partial charge in [0.2, 0.25) is 10.0 Å². The summed E-state index contributed by atoms with van der Waals surface area (Å²) in [6, 6.07) is 0. The average Bonchev–Trinajstić information content (AvgIpc) is 2.16. The summed E-state index contributed by atoms with van der Waals surface area (Å²) >= 11 is 0. The number of fused-ring (bicyclic) bond motifs is 1. The highest BCUT2D eigenvalue weighted by Crippen LogP contribution is 2.30. The molecule has 0 radical (unpaired) electrons. The van der Waals surface area contributed by atoms with Crippen molar-refractivity contribution in [3.8, 4) is 0 Å². The van der Waals surface area contributed by atoms with Crippen LogP contribution in [0.4, 0.5) is 0 Å². The number of rotatable bonds is 1. The first kappa shape index (κ1) is 11.8. The van der Waals surface area contributed by atoms with Gasteiger partial charge in [-0.1, -0.05) is 0 Å². The quantitative estimate of drug-likeness (QED) is 0.675. The van der Waals surface area contributed by atoms with Crippen molar-refractivity contribution in [2.75, 3.05) is 19.5 Å². The molecule has 90 valence electrons. The summed E-state index contributed by atoms with van der Waals surface area (Å²) in [5.41, 5.74) is 0.0740. The molecule has 1 aliphatic heterocycles. The molecule has 0 saturated carbocycles. The lowest BCUT2D eigenvalue weighted by Crippen LogP contribution is -2.50. The number of nitrogens with zero attached hydrogens (tertiary/aromatic N) is 1. The van der Waals surface area contributed by atoms with E-state index in [1.165, 1.54) is 0 Å². The second-order valence-corrected chi connectivity index (χ2v) is 5.89. The normalized spacial score (nSPS) is 37.4. The maximum Gasteiger partial charge on any atom is 0.250 e. The third-order valence-corrected chi connectivity index (χ3v) is 3.31. The monoisotopic (exact) mass is 245 g/mol. The van der Waals surface area contributed by atoms with Gasteiger partial charge in [0.05, 0.1) is 31.3 Å². The topological polar surface area (TPSA) is 65.0 Å². The van der Waals surface area contributed by atoms with Crippen LogP contribution in [0.5, 0.6) is 0 Å². The molecule has 1 fully saturated rings. The summed E-state index contributed by atoms with van der Waals surface area (Å²) < 4.78 is 37.0. The van der Waals surface area contributed by atoms with Crippen molar-refractivity contribution in [3.63, 3.8) is 0 Å². The number of allylic oxidation sites excluding steroid dienone is 1. The van der Waals surface area contributed by atoms with Crippen LogP contribution in [0.2, 0.25) is 0 Å². The molecule has 0 N–H and O–H groups in total. The summed E-state index contributed by atoms with van der Waals surface area (Å²) in [6.07, 6.45) is 4.93. The van der Waals surface area contributed by atoms with Crippen LogP contribution < -0.4 is 0 Å². The van der Waals surface area contributed by atoms with Crippen LogP contribution in [0.3, 0.4) is 0 Å². The molecule has 0 unspecified atom stereocenters. The maximum absolute atomic E-state index is 11.0. The number of hydrogen-bond donors (Lipinski definition) is 0. The summed E-state index contributed by atoms with van der Waals surface area (Å²) in [6.45, 7) is 3.04. The van der Waals surface area contributed by atoms with E-state index in [0.29, 0.717) is 25.3 Å². The second kappa shape index (κ2) is 3.94. The molecule has 2 rings (SSSR count). The molecular weight excluding hydrogens is 230 g/mol. The lowest BCUT2D eigenvalue weighted by molar-refractivity contribution is -0.170. The van der Waals surface area contributed by atoms with Crippen molar-refractivity contribution < 1.29 is 17.9 Å². The van der Waals surface area contributed by atoms with E-state index in [9.17, 15) is 8.42 Å². The Hall–Kier alpha value is -0.720. The van der Waals surface area contributed by atoms with E-state index in [4.69, 9.17) is 9.47 Å². The Balaban J connectivity index is 2.26. The standard InChI is InChI=1S/C10H15NO4S/c1-10-4-3-8(11-16(2,12)13)7-9(10)14-5-6-15-10/h3-4,9H,5-7H2,1-2H3/b11-8-/t9-,10+/m0/s1. The van der Waals surface area contributed by atoms with Gasteiger partial charge in [-0.3, -0.25) is 0 Å². The van der Waals surface area contributed by atoms with Crippen molar-refractivity contribution in [1.29, 1.82) is 0 Å². The predicted molar refractivity (Wildman–Crippen MR) is 60.1 cm³/mol. The third-order valence-electron chi connectivity index (χ3n) is 2.74. The zero-order valence-corrected chi connectivity index (χ0v) is 10.2. The Kier molecular flexibility index (Phi) is 2.90. The van der Waals surface area contributed by atoms with Crippen molar-refractivity contribution in [2.45, 2.75) is 25.0 Å². The van der Waals surface area contributed by atoms with Crippen LogP contribution >= 0.6 is 0 Å². The number of ether oxygens (including phenoxy) is 2. The van der Waals surface area contributed by atoms with Crippen LogP contribution in [0.25, 0.3) is 0 Å². The lowest BCUT2D eigenvalue weighted by Gasteiger charge is -2.41. The molecule has 5 nitrogen and oxygen atoms in total. The fourth-order valence-corrected chi connectivity index (χ4v) is 2.49. The largest absolute Gasteiger partial charge is 0.372 e. The first-order valence-corrected chi connectivity index (χ1v) is 6.97. The van der Waals surface area contributed by atoms with Crippen LogP contribution in [0, 0.1) is 0 Å². The van der Waals surface area contributed by atoms with Gasteiger partial charge >= 0.3 is 0 Å². The summed E-state index contributed by atoms with van der Waals surface area (Å²) in [7, 11) is -3.34. The van der Waals surface area contributed by atoms with Crippen LogP contribution in [-0.2, 0) is 19.5 Å². The Labute approximate surface area is 95.2 Å². The number of hydrogen-bond acceptors (Lipinski definition) is 4. The molecule has 2 atom stereocenters. The highest BCUT2D eigenvalue weighted by Gasteiger charge is 2.39. The van der Waals surface area contributed by atoms with Gasteiger partial charge in [-0.15, -0.1) is 0 Å². The van der Waals surface area contributed by atoms with Gasteiger partial charge in [0.1, 0.15) is 5.60 Å². The molecule has 0 amide bonds. The van der Waals surface area contributed by atoms with Gasteiger partial charge in [0.25, 0.3) is 0 Å². The number of sulfonamides is 1. The maximum atomic E-state index is 11.0. The fourth-order valence-electron chi connectivity index (χ4n) is 1.93. The summed E-state index contributed by atoms with van der Waals surface area (Å²) in [4.78, 5) is 0. The molecule has 2 aliphatic rings. The van der Waals surface area contributed by atoms with Crippen LogP contribution in [0.1, 0.15) is 13.3 Å². The zero-order chi connectivity index (χ0) is 11.8. The molecule has 16 heavy (non-hydrogen) atoms. The Morgan fingerprint density at radius 3 is 2.94 bits per heavy atom. The van der Waals surface area contributed by atoms with Gasteiger partial charge in [0, 0.05) is 6.42 Å². The predicted octanol–water partition coefficient (Wildman–Crippen LogP) is 0.521. The second-order valence-electron chi connectivity index (χ2n) is 4.24. The molecule has 0 aromatic heterocycles. The van der Waals surface area contributed by atoms with E-state index in [2.05, 4.69) is 4.40 Å². The SMILES string of the molecule is C[C@@]12C=C/C(=N/S(C)(=O)=O)C[C@@H]1OCCO2. The molecule has 1 saturated heterocycles. The van der Waals surface area contributed by atoms with Crippen molar-refractivity contribution in [3.05, 3.63) is 12.2 Å². The molecule has 0 aromatic carbocycles. The average molecular weight is 245 g/mol. The van der Waals surface area contributed by atoms with Crippen molar-refractivity contribution in [1.82, 2.24) is 0 Å². The molecule has 0 aromatic rings. The summed E-state index contributed by atoms with van der Waals surface area (Å²) in [5.74, 6) is 0. The minimum absolute atomic E-state index is 0.147.